The minimum atomic E-state index is -3.90. The second kappa shape index (κ2) is 6.13. The third-order valence-corrected chi connectivity index (χ3v) is 3.03. The quantitative estimate of drug-likeness (QED) is 0.293. The molecule has 17 heavy (non-hydrogen) atoms. The maximum absolute atomic E-state index is 11.3. The fourth-order valence-electron chi connectivity index (χ4n) is 1.19. The molecule has 0 aliphatic carbocycles. The summed E-state index contributed by atoms with van der Waals surface area (Å²) in [7, 11) is -0.175. The summed E-state index contributed by atoms with van der Waals surface area (Å²) in [5, 5.41) is 2.69. The van der Waals surface area contributed by atoms with Crippen LogP contribution >= 0.6 is 0 Å². The van der Waals surface area contributed by atoms with Crippen LogP contribution in [0.4, 0.5) is 0 Å². The Hall–Kier alpha value is -0.920. The Bertz CT molecular complexity index is 387. The minimum Gasteiger partial charge on any atom is -0.311 e. The number of carbonyl (C=O) groups excluding carboxylic acids is 1. The van der Waals surface area contributed by atoms with E-state index in [9.17, 15) is 13.2 Å². The number of nitrogens with zero attached hydrogens (tertiary/aromatic N) is 1. The maximum atomic E-state index is 11.3. The molecular weight excluding hydrogens is 244 g/mol. The van der Waals surface area contributed by atoms with Crippen LogP contribution in [0.5, 0.6) is 0 Å². The molecule has 0 rings (SSSR count). The number of amides is 1. The maximum Gasteiger partial charge on any atom is 0.265 e. The van der Waals surface area contributed by atoms with Crippen molar-refractivity contribution < 1.29 is 22.2 Å². The third kappa shape index (κ3) is 8.84. The minimum absolute atomic E-state index is 0.217. The average molecular weight is 265 g/mol. The van der Waals surface area contributed by atoms with Gasteiger partial charge in [0, 0.05) is 12.0 Å². The summed E-state index contributed by atoms with van der Waals surface area (Å²) in [4.78, 5) is 11.3. The van der Waals surface area contributed by atoms with E-state index in [4.69, 9.17) is 4.55 Å². The summed E-state index contributed by atoms with van der Waals surface area (Å²) in [5.41, 5.74) is 0.433. The van der Waals surface area contributed by atoms with Crippen molar-refractivity contribution in [2.45, 2.75) is 13.3 Å². The summed E-state index contributed by atoms with van der Waals surface area (Å²) >= 11 is 0. The zero-order valence-electron chi connectivity index (χ0n) is 10.6. The first-order valence-corrected chi connectivity index (χ1v) is 6.85. The zero-order valence-corrected chi connectivity index (χ0v) is 11.4. The summed E-state index contributed by atoms with van der Waals surface area (Å²) in [6.45, 7) is 6.06. The smallest absolute Gasteiger partial charge is 0.265 e. The first-order valence-electron chi connectivity index (χ1n) is 5.24. The Balaban J connectivity index is 4.04. The van der Waals surface area contributed by atoms with Crippen molar-refractivity contribution in [3.8, 4) is 0 Å². The van der Waals surface area contributed by atoms with E-state index in [0.717, 1.165) is 0 Å². The lowest BCUT2D eigenvalue weighted by atomic mass is 10.3. The van der Waals surface area contributed by atoms with Crippen LogP contribution in [-0.2, 0) is 14.9 Å². The molecule has 1 amide bonds. The molecular formula is C10H21N2O4S+. The normalized spacial score (nSPS) is 12.2. The third-order valence-electron chi connectivity index (χ3n) is 2.22. The number of nitrogens with one attached hydrogen (secondary N) is 1. The number of hydrogen-bond acceptors (Lipinski definition) is 3. The van der Waals surface area contributed by atoms with Gasteiger partial charge in [0.2, 0.25) is 0 Å². The molecule has 0 aromatic carbocycles. The fraction of sp³-hybridized carbons (Fsp3) is 0.700. The van der Waals surface area contributed by atoms with Gasteiger partial charge in [0.05, 0.1) is 26.4 Å². The van der Waals surface area contributed by atoms with E-state index in [1.54, 1.807) is 6.92 Å². The SMILES string of the molecule is C=C(C)C(=O)NC[N+](C)(C)CCCS(=O)(=O)O. The summed E-state index contributed by atoms with van der Waals surface area (Å²) in [6.07, 6.45) is 0.342. The predicted molar refractivity (Wildman–Crippen MR) is 65.8 cm³/mol. The molecule has 7 heteroatoms. The summed E-state index contributed by atoms with van der Waals surface area (Å²) in [6, 6.07) is 0. The topological polar surface area (TPSA) is 83.5 Å². The Morgan fingerprint density at radius 3 is 2.35 bits per heavy atom. The van der Waals surface area contributed by atoms with E-state index >= 15 is 0 Å². The summed E-state index contributed by atoms with van der Waals surface area (Å²) in [5.74, 6) is -0.477. The first-order chi connectivity index (χ1) is 7.53. The molecule has 0 aliphatic heterocycles. The van der Waals surface area contributed by atoms with Gasteiger partial charge in [-0.2, -0.15) is 8.42 Å². The van der Waals surface area contributed by atoms with Crippen LogP contribution in [-0.4, -0.2) is 56.4 Å². The average Bonchev–Trinajstić information content (AvgIpc) is 2.11. The van der Waals surface area contributed by atoms with Crippen LogP contribution in [0.3, 0.4) is 0 Å². The van der Waals surface area contributed by atoms with Gasteiger partial charge in [-0.15, -0.1) is 0 Å². The van der Waals surface area contributed by atoms with Gasteiger partial charge in [-0.25, -0.2) is 0 Å². The second-order valence-electron chi connectivity index (χ2n) is 4.74. The fourth-order valence-corrected chi connectivity index (χ4v) is 1.68. The Kier molecular flexibility index (Phi) is 5.80. The number of hydrogen-bond donors (Lipinski definition) is 2. The molecule has 0 atom stereocenters. The molecule has 0 aromatic heterocycles. The van der Waals surface area contributed by atoms with E-state index in [1.807, 2.05) is 14.1 Å². The monoisotopic (exact) mass is 265 g/mol. The molecule has 6 nitrogen and oxygen atoms in total. The van der Waals surface area contributed by atoms with E-state index in [-0.39, 0.29) is 11.7 Å². The van der Waals surface area contributed by atoms with E-state index in [0.29, 0.717) is 29.7 Å². The first kappa shape index (κ1) is 16.1. The standard InChI is InChI=1S/C10H20N2O4S/c1-9(2)10(13)11-8-12(3,4)6-5-7-17(14,15)16/h1,5-8H2,2-4H3,(H-,11,13,14,15,16)/p+1. The molecule has 0 unspecified atom stereocenters. The van der Waals surface area contributed by atoms with E-state index in [1.165, 1.54) is 0 Å². The van der Waals surface area contributed by atoms with Crippen molar-refractivity contribution in [1.82, 2.24) is 5.32 Å². The lowest BCUT2D eigenvalue weighted by molar-refractivity contribution is -0.892. The van der Waals surface area contributed by atoms with E-state index < -0.39 is 10.1 Å². The van der Waals surface area contributed by atoms with Crippen LogP contribution < -0.4 is 5.32 Å². The molecule has 0 saturated carbocycles. The van der Waals surface area contributed by atoms with Gasteiger partial charge in [-0.05, 0) is 6.92 Å². The van der Waals surface area contributed by atoms with Crippen LogP contribution in [0.25, 0.3) is 0 Å². The number of rotatable bonds is 7. The molecule has 100 valence electrons. The van der Waals surface area contributed by atoms with Gasteiger partial charge in [-0.3, -0.25) is 9.35 Å². The van der Waals surface area contributed by atoms with Crippen molar-refractivity contribution >= 4 is 16.0 Å². The van der Waals surface area contributed by atoms with Crippen molar-refractivity contribution in [2.24, 2.45) is 0 Å². The highest BCUT2D eigenvalue weighted by Crippen LogP contribution is 2.00. The zero-order chi connectivity index (χ0) is 13.7. The highest BCUT2D eigenvalue weighted by Gasteiger charge is 2.17. The van der Waals surface area contributed by atoms with Gasteiger partial charge < -0.3 is 9.80 Å². The van der Waals surface area contributed by atoms with E-state index in [2.05, 4.69) is 11.9 Å². The molecule has 0 aromatic rings. The molecule has 0 saturated heterocycles. The van der Waals surface area contributed by atoms with Crippen LogP contribution in [0.2, 0.25) is 0 Å². The second-order valence-corrected chi connectivity index (χ2v) is 6.32. The number of carbonyl (C=O) groups is 1. The van der Waals surface area contributed by atoms with Gasteiger partial charge >= 0.3 is 0 Å². The lowest BCUT2D eigenvalue weighted by Gasteiger charge is -2.29. The highest BCUT2D eigenvalue weighted by molar-refractivity contribution is 7.85. The molecule has 0 bridgehead atoms. The summed E-state index contributed by atoms with van der Waals surface area (Å²) < 4.78 is 30.1. The van der Waals surface area contributed by atoms with Gasteiger partial charge in [0.15, 0.2) is 6.67 Å². The van der Waals surface area contributed by atoms with Crippen molar-refractivity contribution in [3.05, 3.63) is 12.2 Å². The van der Waals surface area contributed by atoms with Crippen LogP contribution in [0.1, 0.15) is 13.3 Å². The lowest BCUT2D eigenvalue weighted by Crippen LogP contribution is -2.49. The molecule has 0 radical (unpaired) electrons. The Labute approximate surface area is 103 Å². The van der Waals surface area contributed by atoms with Gasteiger partial charge in [0.1, 0.15) is 0 Å². The van der Waals surface area contributed by atoms with Gasteiger partial charge in [0.25, 0.3) is 16.0 Å². The molecule has 0 fully saturated rings. The van der Waals surface area contributed by atoms with Crippen molar-refractivity contribution in [2.75, 3.05) is 33.1 Å². The molecule has 0 aliphatic rings. The molecule has 2 N–H and O–H groups in total. The van der Waals surface area contributed by atoms with Gasteiger partial charge in [-0.1, -0.05) is 6.58 Å². The van der Waals surface area contributed by atoms with Crippen LogP contribution in [0, 0.1) is 0 Å². The predicted octanol–water partition coefficient (Wildman–Crippen LogP) is -0.00950. The van der Waals surface area contributed by atoms with Crippen molar-refractivity contribution in [3.63, 3.8) is 0 Å². The Morgan fingerprint density at radius 1 is 1.41 bits per heavy atom. The molecule has 0 heterocycles. The number of quaternary nitrogens is 1. The van der Waals surface area contributed by atoms with Crippen molar-refractivity contribution in [1.29, 1.82) is 0 Å². The largest absolute Gasteiger partial charge is 0.311 e. The van der Waals surface area contributed by atoms with Crippen LogP contribution in [0.15, 0.2) is 12.2 Å². The highest BCUT2D eigenvalue weighted by atomic mass is 32.2. The molecule has 0 spiro atoms. The Morgan fingerprint density at radius 2 is 1.94 bits per heavy atom.